The number of anilines is 2. The molecule has 1 aromatic heterocycles. The highest BCUT2D eigenvalue weighted by Crippen LogP contribution is 2.47. The van der Waals surface area contributed by atoms with Crippen molar-refractivity contribution >= 4 is 17.4 Å². The van der Waals surface area contributed by atoms with Crippen LogP contribution < -0.4 is 20.3 Å². The average Bonchev–Trinajstić information content (AvgIpc) is 3.75. The Morgan fingerprint density at radius 2 is 1.75 bits per heavy atom. The molecular formula is C26H32N4O2. The molecule has 2 saturated carbocycles. The maximum absolute atomic E-state index is 12.7. The lowest BCUT2D eigenvalue weighted by molar-refractivity contribution is 0.0943. The third-order valence-electron chi connectivity index (χ3n) is 7.30. The van der Waals surface area contributed by atoms with Gasteiger partial charge in [0.05, 0.1) is 12.1 Å². The Morgan fingerprint density at radius 1 is 1.03 bits per heavy atom. The predicted molar refractivity (Wildman–Crippen MR) is 125 cm³/mol. The minimum absolute atomic E-state index is 0.0636. The first-order valence-electron chi connectivity index (χ1n) is 12.3. The summed E-state index contributed by atoms with van der Waals surface area (Å²) in [6.45, 7) is 4.17. The van der Waals surface area contributed by atoms with Crippen LogP contribution in [0.2, 0.25) is 0 Å². The zero-order valence-corrected chi connectivity index (χ0v) is 18.6. The summed E-state index contributed by atoms with van der Waals surface area (Å²) in [5.74, 6) is 3.47. The van der Waals surface area contributed by atoms with E-state index >= 15 is 0 Å². The van der Waals surface area contributed by atoms with E-state index in [0.29, 0.717) is 23.8 Å². The van der Waals surface area contributed by atoms with E-state index < -0.39 is 0 Å². The van der Waals surface area contributed by atoms with Crippen molar-refractivity contribution in [3.63, 3.8) is 0 Å². The van der Waals surface area contributed by atoms with Crippen LogP contribution in [0.3, 0.4) is 0 Å². The summed E-state index contributed by atoms with van der Waals surface area (Å²) in [6, 6.07) is 8.99. The van der Waals surface area contributed by atoms with E-state index in [0.717, 1.165) is 56.7 Å². The molecule has 0 bridgehead atoms. The van der Waals surface area contributed by atoms with E-state index in [2.05, 4.69) is 33.7 Å². The van der Waals surface area contributed by atoms with Crippen LogP contribution in [0, 0.1) is 5.92 Å². The Balaban J connectivity index is 1.22. The molecule has 168 valence electrons. The summed E-state index contributed by atoms with van der Waals surface area (Å²) in [4.78, 5) is 19.7. The van der Waals surface area contributed by atoms with Crippen LogP contribution in [-0.4, -0.2) is 43.7 Å². The standard InChI is InChI=1S/C26H32N4O2/c31-26(29-15-17-5-7-27-8-6-17)22-14-24-25(28-16-22)30(9-10-32-24)23-12-20(18-1-2-18)11-21(13-23)19-3-4-19/h11-14,16-19,27H,1-10,15H2,(H,29,31). The van der Waals surface area contributed by atoms with Gasteiger partial charge in [-0.15, -0.1) is 0 Å². The smallest absolute Gasteiger partial charge is 0.252 e. The Labute approximate surface area is 189 Å². The fourth-order valence-electron chi connectivity index (χ4n) is 5.02. The maximum atomic E-state index is 12.7. The number of hydrogen-bond acceptors (Lipinski definition) is 5. The molecular weight excluding hydrogens is 400 g/mol. The molecule has 3 heterocycles. The molecule has 0 unspecified atom stereocenters. The molecule has 0 spiro atoms. The summed E-state index contributed by atoms with van der Waals surface area (Å²) in [5, 5.41) is 6.46. The minimum Gasteiger partial charge on any atom is -0.488 e. The van der Waals surface area contributed by atoms with Crippen molar-refractivity contribution in [3.05, 3.63) is 47.2 Å². The lowest BCUT2D eigenvalue weighted by Crippen LogP contribution is -2.36. The Hall–Kier alpha value is -2.60. The van der Waals surface area contributed by atoms with E-state index in [-0.39, 0.29) is 5.91 Å². The van der Waals surface area contributed by atoms with Crippen molar-refractivity contribution < 1.29 is 9.53 Å². The Kier molecular flexibility index (Phi) is 5.26. The number of rotatable bonds is 6. The molecule has 32 heavy (non-hydrogen) atoms. The summed E-state index contributed by atoms with van der Waals surface area (Å²) >= 11 is 0. The lowest BCUT2D eigenvalue weighted by Gasteiger charge is -2.31. The molecule has 2 aliphatic carbocycles. The molecule has 1 amide bonds. The molecule has 1 saturated heterocycles. The quantitative estimate of drug-likeness (QED) is 0.720. The van der Waals surface area contributed by atoms with Crippen LogP contribution in [0.15, 0.2) is 30.5 Å². The number of amides is 1. The Bertz CT molecular complexity index is 979. The summed E-state index contributed by atoms with van der Waals surface area (Å²) in [6.07, 6.45) is 9.16. The van der Waals surface area contributed by atoms with Gasteiger partial charge in [0.2, 0.25) is 0 Å². The van der Waals surface area contributed by atoms with E-state index in [4.69, 9.17) is 9.72 Å². The number of nitrogens with zero attached hydrogens (tertiary/aromatic N) is 2. The highest BCUT2D eigenvalue weighted by Gasteiger charge is 2.31. The molecule has 2 aliphatic heterocycles. The molecule has 2 N–H and O–H groups in total. The number of carbonyl (C=O) groups is 1. The van der Waals surface area contributed by atoms with Gasteiger partial charge >= 0.3 is 0 Å². The summed E-state index contributed by atoms with van der Waals surface area (Å²) < 4.78 is 5.95. The van der Waals surface area contributed by atoms with E-state index in [9.17, 15) is 4.79 Å². The van der Waals surface area contributed by atoms with Crippen molar-refractivity contribution in [2.45, 2.75) is 50.4 Å². The van der Waals surface area contributed by atoms with Crippen LogP contribution >= 0.6 is 0 Å². The third-order valence-corrected chi connectivity index (χ3v) is 7.30. The number of nitrogens with one attached hydrogen (secondary N) is 2. The average molecular weight is 433 g/mol. The first-order valence-corrected chi connectivity index (χ1v) is 12.3. The molecule has 0 radical (unpaired) electrons. The second-order valence-electron chi connectivity index (χ2n) is 9.86. The lowest BCUT2D eigenvalue weighted by atomic mass is 9.98. The monoisotopic (exact) mass is 432 g/mol. The molecule has 0 atom stereocenters. The topological polar surface area (TPSA) is 66.5 Å². The normalized spacial score (nSPS) is 21.1. The molecule has 6 nitrogen and oxygen atoms in total. The molecule has 2 aromatic rings. The van der Waals surface area contributed by atoms with Crippen LogP contribution in [0.5, 0.6) is 5.75 Å². The van der Waals surface area contributed by atoms with E-state index in [1.54, 1.807) is 6.20 Å². The van der Waals surface area contributed by atoms with Crippen LogP contribution in [0.25, 0.3) is 0 Å². The fraction of sp³-hybridized carbons (Fsp3) is 0.538. The number of carbonyl (C=O) groups excluding carboxylic acids is 1. The van der Waals surface area contributed by atoms with Crippen molar-refractivity contribution in [1.29, 1.82) is 0 Å². The zero-order valence-electron chi connectivity index (χ0n) is 18.6. The maximum Gasteiger partial charge on any atom is 0.252 e. The number of aromatic nitrogens is 1. The fourth-order valence-corrected chi connectivity index (χ4v) is 5.02. The highest BCUT2D eigenvalue weighted by molar-refractivity contribution is 5.95. The second kappa shape index (κ2) is 8.39. The second-order valence-corrected chi connectivity index (χ2v) is 9.86. The number of benzene rings is 1. The van der Waals surface area contributed by atoms with Crippen molar-refractivity contribution in [1.82, 2.24) is 15.6 Å². The van der Waals surface area contributed by atoms with Gasteiger partial charge in [-0.05, 0) is 98.7 Å². The Morgan fingerprint density at radius 3 is 2.44 bits per heavy atom. The van der Waals surface area contributed by atoms with Gasteiger partial charge in [-0.25, -0.2) is 4.98 Å². The molecule has 1 aromatic carbocycles. The van der Waals surface area contributed by atoms with Gasteiger partial charge in [0, 0.05) is 18.4 Å². The predicted octanol–water partition coefficient (Wildman–Crippen LogP) is 4.10. The number of fused-ring (bicyclic) bond motifs is 1. The molecule has 4 aliphatic rings. The number of piperidine rings is 1. The number of ether oxygens (including phenoxy) is 1. The molecule has 3 fully saturated rings. The summed E-state index contributed by atoms with van der Waals surface area (Å²) in [5.41, 5.74) is 4.75. The van der Waals surface area contributed by atoms with Gasteiger partial charge in [-0.3, -0.25) is 4.79 Å². The van der Waals surface area contributed by atoms with Crippen molar-refractivity contribution in [3.8, 4) is 5.75 Å². The molecule has 6 heteroatoms. The number of hydrogen-bond donors (Lipinski definition) is 2. The largest absolute Gasteiger partial charge is 0.488 e. The zero-order chi connectivity index (χ0) is 21.5. The van der Waals surface area contributed by atoms with Crippen LogP contribution in [0.4, 0.5) is 11.5 Å². The van der Waals surface area contributed by atoms with Crippen LogP contribution in [0.1, 0.15) is 71.8 Å². The van der Waals surface area contributed by atoms with E-state index in [1.807, 2.05) is 6.07 Å². The van der Waals surface area contributed by atoms with Gasteiger partial charge < -0.3 is 20.3 Å². The van der Waals surface area contributed by atoms with Gasteiger partial charge in [0.25, 0.3) is 5.91 Å². The van der Waals surface area contributed by atoms with Gasteiger partial charge in [0.1, 0.15) is 6.61 Å². The first-order chi connectivity index (χ1) is 15.7. The number of pyridine rings is 1. The van der Waals surface area contributed by atoms with Crippen LogP contribution in [-0.2, 0) is 0 Å². The highest BCUT2D eigenvalue weighted by atomic mass is 16.5. The van der Waals surface area contributed by atoms with Gasteiger partial charge in [-0.1, -0.05) is 6.07 Å². The first kappa shape index (κ1) is 20.0. The third kappa shape index (κ3) is 4.20. The minimum atomic E-state index is -0.0636. The van der Waals surface area contributed by atoms with Gasteiger partial charge in [0.15, 0.2) is 11.6 Å². The molecule has 6 rings (SSSR count). The van der Waals surface area contributed by atoms with E-state index in [1.165, 1.54) is 42.5 Å². The van der Waals surface area contributed by atoms with Gasteiger partial charge in [-0.2, -0.15) is 0 Å². The summed E-state index contributed by atoms with van der Waals surface area (Å²) in [7, 11) is 0. The van der Waals surface area contributed by atoms with Crippen molar-refractivity contribution in [2.24, 2.45) is 5.92 Å². The van der Waals surface area contributed by atoms with Crippen molar-refractivity contribution in [2.75, 3.05) is 37.7 Å². The SMILES string of the molecule is O=C(NCC1CCNCC1)c1cnc2c(c1)OCCN2c1cc(C2CC2)cc(C2CC2)c1.